The summed E-state index contributed by atoms with van der Waals surface area (Å²) in [6.45, 7) is 0.158. The second-order valence-corrected chi connectivity index (χ2v) is 4.69. The van der Waals surface area contributed by atoms with Crippen LogP contribution < -0.4 is 4.74 Å². The molecule has 2 rings (SSSR count). The van der Waals surface area contributed by atoms with E-state index in [2.05, 4.69) is 0 Å². The molecule has 0 aliphatic heterocycles. The first kappa shape index (κ1) is 13.1. The summed E-state index contributed by atoms with van der Waals surface area (Å²) in [7, 11) is 1.58. The van der Waals surface area contributed by atoms with E-state index in [1.54, 1.807) is 19.2 Å². The first-order chi connectivity index (χ1) is 8.81. The van der Waals surface area contributed by atoms with Crippen molar-refractivity contribution in [1.29, 1.82) is 0 Å². The smallest absolute Gasteiger partial charge is 0.192 e. The molecule has 1 saturated carbocycles. The Balaban J connectivity index is 1.90. The molecule has 0 atom stereocenters. The van der Waals surface area contributed by atoms with Crippen molar-refractivity contribution >= 4 is 5.78 Å². The van der Waals surface area contributed by atoms with E-state index in [0.717, 1.165) is 12.8 Å². The van der Waals surface area contributed by atoms with Gasteiger partial charge in [0.1, 0.15) is 12.4 Å². The van der Waals surface area contributed by atoms with Gasteiger partial charge in [0.2, 0.25) is 0 Å². The lowest BCUT2D eigenvalue weighted by atomic mass is 9.98. The van der Waals surface area contributed by atoms with Gasteiger partial charge >= 0.3 is 0 Å². The lowest BCUT2D eigenvalue weighted by Crippen LogP contribution is -2.21. The van der Waals surface area contributed by atoms with Crippen molar-refractivity contribution in [3.8, 4) is 5.75 Å². The summed E-state index contributed by atoms with van der Waals surface area (Å²) in [5.74, 6) is 0.618. The van der Waals surface area contributed by atoms with Gasteiger partial charge in [-0.15, -0.1) is 0 Å². The maximum atomic E-state index is 12.1. The minimum atomic E-state index is -0.00183. The van der Waals surface area contributed by atoms with Crippen LogP contribution in [-0.2, 0) is 4.74 Å². The third-order valence-electron chi connectivity index (χ3n) is 3.41. The summed E-state index contributed by atoms with van der Waals surface area (Å²) in [6, 6.07) is 7.28. The third kappa shape index (κ3) is 3.33. The Morgan fingerprint density at radius 1 is 1.22 bits per heavy atom. The number of hydrogen-bond donors (Lipinski definition) is 0. The molecule has 0 amide bonds. The monoisotopic (exact) mass is 248 g/mol. The number of rotatable bonds is 5. The third-order valence-corrected chi connectivity index (χ3v) is 3.41. The fourth-order valence-corrected chi connectivity index (χ4v) is 2.38. The number of Topliss-reactive ketones (excluding diaryl/α,β-unsaturated/α-hetero) is 1. The van der Waals surface area contributed by atoms with Gasteiger partial charge < -0.3 is 9.47 Å². The first-order valence-corrected chi connectivity index (χ1v) is 6.59. The predicted molar refractivity (Wildman–Crippen MR) is 70.1 cm³/mol. The Hall–Kier alpha value is -1.35. The Kier molecular flexibility index (Phi) is 4.76. The van der Waals surface area contributed by atoms with Crippen molar-refractivity contribution in [3.63, 3.8) is 0 Å². The molecule has 0 spiro atoms. The van der Waals surface area contributed by atoms with Crippen molar-refractivity contribution in [2.24, 2.45) is 0 Å². The molecule has 3 heteroatoms. The zero-order valence-corrected chi connectivity index (χ0v) is 10.9. The summed E-state index contributed by atoms with van der Waals surface area (Å²) in [5, 5.41) is 0. The zero-order valence-electron chi connectivity index (χ0n) is 10.9. The first-order valence-electron chi connectivity index (χ1n) is 6.59. The highest BCUT2D eigenvalue weighted by molar-refractivity contribution is 5.99. The van der Waals surface area contributed by atoms with Crippen LogP contribution >= 0.6 is 0 Å². The van der Waals surface area contributed by atoms with Crippen LogP contribution in [0.2, 0.25) is 0 Å². The van der Waals surface area contributed by atoms with Crippen LogP contribution in [0, 0.1) is 0 Å². The summed E-state index contributed by atoms with van der Waals surface area (Å²) in [5.41, 5.74) is 0.607. The molecule has 1 aliphatic carbocycles. The fraction of sp³-hybridized carbons (Fsp3) is 0.533. The van der Waals surface area contributed by atoms with Gasteiger partial charge in [-0.25, -0.2) is 0 Å². The highest BCUT2D eigenvalue weighted by Gasteiger charge is 2.17. The molecular weight excluding hydrogens is 228 g/mol. The molecule has 18 heavy (non-hydrogen) atoms. The van der Waals surface area contributed by atoms with E-state index in [4.69, 9.17) is 9.47 Å². The molecule has 98 valence electrons. The van der Waals surface area contributed by atoms with Crippen LogP contribution in [0.15, 0.2) is 24.3 Å². The number of carbonyl (C=O) groups is 1. The number of carbonyl (C=O) groups excluding carboxylic acids is 1. The standard InChI is InChI=1S/C15H20O3/c1-17-15-10-6-5-9-13(15)14(16)11-18-12-7-3-2-4-8-12/h5-6,9-10,12H,2-4,7-8,11H2,1H3. The predicted octanol–water partition coefficient (Wildman–Crippen LogP) is 3.23. The van der Waals surface area contributed by atoms with E-state index in [-0.39, 0.29) is 18.5 Å². The molecule has 1 aliphatic rings. The molecule has 1 aromatic carbocycles. The molecule has 3 nitrogen and oxygen atoms in total. The van der Waals surface area contributed by atoms with E-state index in [1.807, 2.05) is 12.1 Å². The molecule has 0 saturated heterocycles. The van der Waals surface area contributed by atoms with E-state index >= 15 is 0 Å². The van der Waals surface area contributed by atoms with Gasteiger partial charge in [0.25, 0.3) is 0 Å². The molecule has 1 fully saturated rings. The fourth-order valence-electron chi connectivity index (χ4n) is 2.38. The molecule has 0 heterocycles. The number of hydrogen-bond acceptors (Lipinski definition) is 3. The van der Waals surface area contributed by atoms with Crippen LogP contribution in [0.5, 0.6) is 5.75 Å². The van der Waals surface area contributed by atoms with Gasteiger partial charge in [0.05, 0.1) is 18.8 Å². The van der Waals surface area contributed by atoms with Crippen molar-refractivity contribution < 1.29 is 14.3 Å². The number of methoxy groups -OCH3 is 1. The SMILES string of the molecule is COc1ccccc1C(=O)COC1CCCCC1. The van der Waals surface area contributed by atoms with Gasteiger partial charge in [-0.3, -0.25) is 4.79 Å². The Morgan fingerprint density at radius 3 is 2.67 bits per heavy atom. The van der Waals surface area contributed by atoms with Gasteiger partial charge in [-0.05, 0) is 25.0 Å². The highest BCUT2D eigenvalue weighted by atomic mass is 16.5. The largest absolute Gasteiger partial charge is 0.496 e. The number of para-hydroxylation sites is 1. The minimum Gasteiger partial charge on any atom is -0.496 e. The molecule has 0 aromatic heterocycles. The average Bonchev–Trinajstić information content (AvgIpc) is 2.45. The topological polar surface area (TPSA) is 35.5 Å². The minimum absolute atomic E-state index is 0.00183. The Morgan fingerprint density at radius 2 is 1.94 bits per heavy atom. The van der Waals surface area contributed by atoms with Crippen molar-refractivity contribution in [1.82, 2.24) is 0 Å². The summed E-state index contributed by atoms with van der Waals surface area (Å²) < 4.78 is 10.9. The maximum Gasteiger partial charge on any atom is 0.192 e. The van der Waals surface area contributed by atoms with Gasteiger partial charge in [0.15, 0.2) is 5.78 Å². The van der Waals surface area contributed by atoms with Crippen LogP contribution in [0.1, 0.15) is 42.5 Å². The quantitative estimate of drug-likeness (QED) is 0.750. The molecule has 1 aromatic rings. The molecule has 0 bridgehead atoms. The van der Waals surface area contributed by atoms with E-state index in [0.29, 0.717) is 11.3 Å². The van der Waals surface area contributed by atoms with Crippen molar-refractivity contribution in [3.05, 3.63) is 29.8 Å². The van der Waals surface area contributed by atoms with Crippen LogP contribution in [0.4, 0.5) is 0 Å². The summed E-state index contributed by atoms with van der Waals surface area (Å²) in [6.07, 6.45) is 6.15. The number of benzene rings is 1. The Labute approximate surface area is 108 Å². The maximum absolute atomic E-state index is 12.1. The van der Waals surface area contributed by atoms with E-state index in [1.165, 1.54) is 19.3 Å². The second-order valence-electron chi connectivity index (χ2n) is 4.69. The van der Waals surface area contributed by atoms with Crippen molar-refractivity contribution in [2.45, 2.75) is 38.2 Å². The number of ketones is 1. The second kappa shape index (κ2) is 6.55. The molecule has 0 radical (unpaired) electrons. The summed E-state index contributed by atoms with van der Waals surface area (Å²) >= 11 is 0. The average molecular weight is 248 g/mol. The Bertz CT molecular complexity index is 394. The highest BCUT2D eigenvalue weighted by Crippen LogP contribution is 2.22. The molecular formula is C15H20O3. The lowest BCUT2D eigenvalue weighted by Gasteiger charge is -2.21. The lowest BCUT2D eigenvalue weighted by molar-refractivity contribution is 0.0283. The van der Waals surface area contributed by atoms with Crippen molar-refractivity contribution in [2.75, 3.05) is 13.7 Å². The number of ether oxygens (including phenoxy) is 2. The van der Waals surface area contributed by atoms with Gasteiger partial charge in [-0.2, -0.15) is 0 Å². The van der Waals surface area contributed by atoms with E-state index in [9.17, 15) is 4.79 Å². The van der Waals surface area contributed by atoms with Crippen LogP contribution in [0.25, 0.3) is 0 Å². The molecule has 0 N–H and O–H groups in total. The normalized spacial score (nSPS) is 16.5. The van der Waals surface area contributed by atoms with Crippen LogP contribution in [-0.4, -0.2) is 25.6 Å². The van der Waals surface area contributed by atoms with Gasteiger partial charge in [0, 0.05) is 0 Å². The molecule has 0 unspecified atom stereocenters. The zero-order chi connectivity index (χ0) is 12.8. The van der Waals surface area contributed by atoms with E-state index < -0.39 is 0 Å². The van der Waals surface area contributed by atoms with Crippen LogP contribution in [0.3, 0.4) is 0 Å². The summed E-state index contributed by atoms with van der Waals surface area (Å²) in [4.78, 5) is 12.1. The van der Waals surface area contributed by atoms with Gasteiger partial charge in [-0.1, -0.05) is 31.4 Å².